The fourth-order valence-corrected chi connectivity index (χ4v) is 2.76. The third-order valence-electron chi connectivity index (χ3n) is 4.00. The van der Waals surface area contributed by atoms with Gasteiger partial charge in [-0.05, 0) is 26.7 Å². The van der Waals surface area contributed by atoms with E-state index in [-0.39, 0.29) is 18.1 Å². The van der Waals surface area contributed by atoms with Gasteiger partial charge in [0.25, 0.3) is 0 Å². The molecule has 5 nitrogen and oxygen atoms in total. The predicted molar refractivity (Wildman–Crippen MR) is 87.1 cm³/mol. The summed E-state index contributed by atoms with van der Waals surface area (Å²) in [5.41, 5.74) is 0.978. The number of hydrogen-bond acceptors (Lipinski definition) is 5. The number of hydrogen-bond donors (Lipinski definition) is 2. The summed E-state index contributed by atoms with van der Waals surface area (Å²) < 4.78 is 0. The lowest BCUT2D eigenvalue weighted by molar-refractivity contribution is 0.266. The van der Waals surface area contributed by atoms with Gasteiger partial charge in [-0.15, -0.1) is 0 Å². The molecule has 2 rings (SSSR count). The number of aliphatic hydroxyl groups is 1. The van der Waals surface area contributed by atoms with Crippen molar-refractivity contribution < 1.29 is 5.11 Å². The summed E-state index contributed by atoms with van der Waals surface area (Å²) in [5.74, 6) is 2.74. The smallest absolute Gasteiger partial charge is 0.138 e. The van der Waals surface area contributed by atoms with Gasteiger partial charge < -0.3 is 15.3 Å². The summed E-state index contributed by atoms with van der Waals surface area (Å²) in [4.78, 5) is 11.8. The molecule has 0 bridgehead atoms. The van der Waals surface area contributed by atoms with Crippen LogP contribution in [-0.2, 0) is 5.41 Å². The summed E-state index contributed by atoms with van der Waals surface area (Å²) in [6.07, 6.45) is 2.14. The van der Waals surface area contributed by atoms with Gasteiger partial charge in [-0.25, -0.2) is 9.97 Å². The molecule has 0 amide bonds. The van der Waals surface area contributed by atoms with Crippen LogP contribution in [0.2, 0.25) is 0 Å². The lowest BCUT2D eigenvalue weighted by atomic mass is 9.95. The Kier molecular flexibility index (Phi) is 4.71. The highest BCUT2D eigenvalue weighted by molar-refractivity contribution is 5.60. The molecule has 1 aliphatic heterocycles. The molecule has 1 aromatic heterocycles. The van der Waals surface area contributed by atoms with Gasteiger partial charge in [-0.2, -0.15) is 0 Å². The van der Waals surface area contributed by atoms with Gasteiger partial charge in [0, 0.05) is 24.1 Å². The Balaban J connectivity index is 2.50. The molecule has 0 radical (unpaired) electrons. The zero-order valence-electron chi connectivity index (χ0n) is 13.9. The summed E-state index contributed by atoms with van der Waals surface area (Å²) in [5, 5.41) is 12.9. The fourth-order valence-electron chi connectivity index (χ4n) is 2.76. The minimum absolute atomic E-state index is 0.0962. The van der Waals surface area contributed by atoms with E-state index in [1.807, 2.05) is 0 Å². The third kappa shape index (κ3) is 3.28. The summed E-state index contributed by atoms with van der Waals surface area (Å²) in [6.45, 7) is 12.5. The van der Waals surface area contributed by atoms with Crippen LogP contribution < -0.4 is 10.2 Å². The van der Waals surface area contributed by atoms with Gasteiger partial charge in [-0.3, -0.25) is 0 Å². The first-order valence-corrected chi connectivity index (χ1v) is 7.89. The first kappa shape index (κ1) is 16.0. The van der Waals surface area contributed by atoms with Crippen molar-refractivity contribution in [1.29, 1.82) is 0 Å². The average Bonchev–Trinajstić information content (AvgIpc) is 2.88. The van der Waals surface area contributed by atoms with E-state index >= 15 is 0 Å². The highest BCUT2D eigenvalue weighted by Gasteiger charge is 2.29. The highest BCUT2D eigenvalue weighted by Crippen LogP contribution is 2.32. The van der Waals surface area contributed by atoms with Gasteiger partial charge in [0.2, 0.25) is 0 Å². The van der Waals surface area contributed by atoms with E-state index in [0.717, 1.165) is 49.0 Å². The number of aliphatic hydroxyl groups excluding tert-OH is 1. The molecule has 0 saturated carbocycles. The van der Waals surface area contributed by atoms with Gasteiger partial charge in [0.1, 0.15) is 17.5 Å². The summed E-state index contributed by atoms with van der Waals surface area (Å²) in [7, 11) is 0. The van der Waals surface area contributed by atoms with E-state index in [9.17, 15) is 5.11 Å². The minimum Gasteiger partial charge on any atom is -0.394 e. The van der Waals surface area contributed by atoms with Crippen molar-refractivity contribution in [2.45, 2.75) is 58.9 Å². The molecule has 2 heterocycles. The van der Waals surface area contributed by atoms with Crippen LogP contribution in [0.15, 0.2) is 0 Å². The number of nitrogens with one attached hydrogen (secondary N) is 1. The molecule has 1 aromatic rings. The molecule has 5 heteroatoms. The van der Waals surface area contributed by atoms with Gasteiger partial charge >= 0.3 is 0 Å². The van der Waals surface area contributed by atoms with Crippen molar-refractivity contribution in [1.82, 2.24) is 9.97 Å². The van der Waals surface area contributed by atoms with Crippen molar-refractivity contribution in [3.8, 4) is 0 Å². The van der Waals surface area contributed by atoms with Crippen LogP contribution in [0.25, 0.3) is 0 Å². The Morgan fingerprint density at radius 3 is 2.62 bits per heavy atom. The quantitative estimate of drug-likeness (QED) is 0.892. The molecule has 0 aliphatic carbocycles. The molecule has 0 spiro atoms. The zero-order chi connectivity index (χ0) is 15.6. The Morgan fingerprint density at radius 2 is 2.05 bits per heavy atom. The number of aromatic nitrogens is 2. The fraction of sp³-hybridized carbons (Fsp3) is 0.750. The van der Waals surface area contributed by atoms with Gasteiger partial charge in [-0.1, -0.05) is 20.8 Å². The van der Waals surface area contributed by atoms with E-state index in [0.29, 0.717) is 0 Å². The number of rotatable bonds is 4. The average molecular weight is 292 g/mol. The van der Waals surface area contributed by atoms with Crippen LogP contribution >= 0.6 is 0 Å². The molecule has 1 unspecified atom stereocenters. The van der Waals surface area contributed by atoms with E-state index in [1.165, 1.54) is 0 Å². The molecule has 2 N–H and O–H groups in total. The lowest BCUT2D eigenvalue weighted by Gasteiger charge is -2.29. The first-order chi connectivity index (χ1) is 9.88. The van der Waals surface area contributed by atoms with E-state index < -0.39 is 0 Å². The molecule has 1 aliphatic rings. The van der Waals surface area contributed by atoms with Crippen LogP contribution in [0.4, 0.5) is 11.6 Å². The molecular weight excluding hydrogens is 264 g/mol. The standard InChI is InChI=1S/C16H28N4O/c1-6-17-13-11(2)14(19-15(18-13)16(3,4)5)20-9-7-8-12(20)10-21/h12,21H,6-10H2,1-5H3,(H,17,18,19). The van der Waals surface area contributed by atoms with Crippen molar-refractivity contribution >= 4 is 11.6 Å². The minimum atomic E-state index is -0.0962. The molecule has 118 valence electrons. The normalized spacial score (nSPS) is 19.1. The third-order valence-corrected chi connectivity index (χ3v) is 4.00. The topological polar surface area (TPSA) is 61.3 Å². The second-order valence-corrected chi connectivity index (χ2v) is 6.80. The first-order valence-electron chi connectivity index (χ1n) is 7.89. The molecule has 0 aromatic carbocycles. The Morgan fingerprint density at radius 1 is 1.33 bits per heavy atom. The van der Waals surface area contributed by atoms with Crippen molar-refractivity contribution in [3.05, 3.63) is 11.4 Å². The highest BCUT2D eigenvalue weighted by atomic mass is 16.3. The van der Waals surface area contributed by atoms with Crippen molar-refractivity contribution in [2.24, 2.45) is 0 Å². The van der Waals surface area contributed by atoms with E-state index in [4.69, 9.17) is 9.97 Å². The maximum Gasteiger partial charge on any atom is 0.138 e. The van der Waals surface area contributed by atoms with Crippen molar-refractivity contribution in [3.63, 3.8) is 0 Å². The largest absolute Gasteiger partial charge is 0.394 e. The van der Waals surface area contributed by atoms with E-state index in [2.05, 4.69) is 44.8 Å². The number of anilines is 2. The van der Waals surface area contributed by atoms with Gasteiger partial charge in [0.15, 0.2) is 0 Å². The summed E-state index contributed by atoms with van der Waals surface area (Å²) >= 11 is 0. The Hall–Kier alpha value is -1.36. The summed E-state index contributed by atoms with van der Waals surface area (Å²) in [6, 6.07) is 0.181. The monoisotopic (exact) mass is 292 g/mol. The lowest BCUT2D eigenvalue weighted by Crippen LogP contribution is -2.34. The van der Waals surface area contributed by atoms with Crippen LogP contribution in [0.3, 0.4) is 0 Å². The molecule has 21 heavy (non-hydrogen) atoms. The second kappa shape index (κ2) is 6.18. The Labute approximate surface area is 127 Å². The maximum atomic E-state index is 9.59. The number of nitrogens with zero attached hydrogens (tertiary/aromatic N) is 3. The van der Waals surface area contributed by atoms with E-state index in [1.54, 1.807) is 0 Å². The molecule has 1 saturated heterocycles. The van der Waals surface area contributed by atoms with Crippen molar-refractivity contribution in [2.75, 3.05) is 29.9 Å². The molecular formula is C16H28N4O. The van der Waals surface area contributed by atoms with Crippen LogP contribution in [0.1, 0.15) is 51.9 Å². The van der Waals surface area contributed by atoms with Crippen LogP contribution in [0.5, 0.6) is 0 Å². The molecule has 1 fully saturated rings. The predicted octanol–water partition coefficient (Wildman–Crippen LogP) is 2.48. The second-order valence-electron chi connectivity index (χ2n) is 6.80. The van der Waals surface area contributed by atoms with Crippen LogP contribution in [0, 0.1) is 6.92 Å². The van der Waals surface area contributed by atoms with Gasteiger partial charge in [0.05, 0.1) is 12.6 Å². The zero-order valence-corrected chi connectivity index (χ0v) is 13.9. The Bertz CT molecular complexity index is 496. The maximum absolute atomic E-state index is 9.59. The van der Waals surface area contributed by atoms with Crippen LogP contribution in [-0.4, -0.2) is 40.8 Å². The molecule has 1 atom stereocenters. The SMILES string of the molecule is CCNc1nc(C(C)(C)C)nc(N2CCCC2CO)c1C.